The lowest BCUT2D eigenvalue weighted by molar-refractivity contribution is -0.137. The van der Waals surface area contributed by atoms with E-state index in [1.54, 1.807) is 0 Å². The average Bonchev–Trinajstić information content (AvgIpc) is 2.61. The summed E-state index contributed by atoms with van der Waals surface area (Å²) in [5.41, 5.74) is 0.0787. The molecule has 0 radical (unpaired) electrons. The molecule has 146 valence electrons. The molecule has 2 aromatic carbocycles. The minimum absolute atomic E-state index is 0.0557. The molecule has 3 rings (SSSR count). The summed E-state index contributed by atoms with van der Waals surface area (Å²) in [4.78, 5) is 2.03. The quantitative estimate of drug-likeness (QED) is 0.716. The molecule has 0 aromatic heterocycles. The van der Waals surface area contributed by atoms with E-state index in [9.17, 15) is 22.0 Å². The summed E-state index contributed by atoms with van der Waals surface area (Å²) in [6.45, 7) is 2.11. The van der Waals surface area contributed by atoms with Gasteiger partial charge in [0.05, 0.1) is 12.2 Å². The number of hydrogen-bond acceptors (Lipinski definition) is 3. The van der Waals surface area contributed by atoms with E-state index >= 15 is 0 Å². The van der Waals surface area contributed by atoms with Gasteiger partial charge in [-0.05, 0) is 29.8 Å². The molecule has 3 nitrogen and oxygen atoms in total. The van der Waals surface area contributed by atoms with Gasteiger partial charge in [-0.3, -0.25) is 4.90 Å². The monoisotopic (exact) mass is 387 g/mol. The van der Waals surface area contributed by atoms with Gasteiger partial charge >= 0.3 is 6.18 Å². The highest BCUT2D eigenvalue weighted by Crippen LogP contribution is 2.29. The van der Waals surface area contributed by atoms with E-state index in [0.29, 0.717) is 26.2 Å². The fourth-order valence-corrected chi connectivity index (χ4v) is 2.86. The third kappa shape index (κ3) is 5.40. The molecule has 1 atom stereocenters. The van der Waals surface area contributed by atoms with Crippen LogP contribution in [0.1, 0.15) is 11.1 Å². The molecule has 1 aliphatic rings. The summed E-state index contributed by atoms with van der Waals surface area (Å²) < 4.78 is 75.3. The van der Waals surface area contributed by atoms with Crippen LogP contribution >= 0.6 is 0 Å². The number of morpholine rings is 1. The Balaban J connectivity index is 1.53. The number of nitrogens with zero attached hydrogens (tertiary/aromatic N) is 1. The van der Waals surface area contributed by atoms with Gasteiger partial charge < -0.3 is 9.47 Å². The van der Waals surface area contributed by atoms with Crippen LogP contribution in [0.5, 0.6) is 5.75 Å². The van der Waals surface area contributed by atoms with Gasteiger partial charge in [-0.15, -0.1) is 0 Å². The Bertz CT molecular complexity index is 764. The molecule has 0 N–H and O–H groups in total. The van der Waals surface area contributed by atoms with Crippen molar-refractivity contribution in [1.29, 1.82) is 0 Å². The summed E-state index contributed by atoms with van der Waals surface area (Å²) >= 11 is 0. The minimum atomic E-state index is -4.35. The maximum Gasteiger partial charge on any atom is 0.416 e. The van der Waals surface area contributed by atoms with Crippen LogP contribution in [-0.2, 0) is 17.5 Å². The molecular weight excluding hydrogens is 369 g/mol. The molecule has 0 bridgehead atoms. The average molecular weight is 387 g/mol. The van der Waals surface area contributed by atoms with E-state index in [0.717, 1.165) is 29.8 Å². The Morgan fingerprint density at radius 3 is 2.48 bits per heavy atom. The highest BCUT2D eigenvalue weighted by Gasteiger charge is 2.30. The Morgan fingerprint density at radius 2 is 1.81 bits per heavy atom. The zero-order valence-electron chi connectivity index (χ0n) is 14.3. The van der Waals surface area contributed by atoms with Crippen LogP contribution in [0.3, 0.4) is 0 Å². The fourth-order valence-electron chi connectivity index (χ4n) is 2.86. The van der Waals surface area contributed by atoms with Crippen molar-refractivity contribution in [3.05, 3.63) is 65.2 Å². The van der Waals surface area contributed by atoms with Gasteiger partial charge in [0, 0.05) is 25.7 Å². The third-order valence-corrected chi connectivity index (χ3v) is 4.23. The van der Waals surface area contributed by atoms with Crippen molar-refractivity contribution in [2.24, 2.45) is 0 Å². The van der Waals surface area contributed by atoms with Crippen molar-refractivity contribution in [3.8, 4) is 5.75 Å². The largest absolute Gasteiger partial charge is 0.488 e. The van der Waals surface area contributed by atoms with Gasteiger partial charge in [-0.2, -0.15) is 13.2 Å². The smallest absolute Gasteiger partial charge is 0.416 e. The number of benzene rings is 2. The Labute approximate surface area is 153 Å². The molecule has 8 heteroatoms. The molecule has 27 heavy (non-hydrogen) atoms. The van der Waals surface area contributed by atoms with E-state index in [2.05, 4.69) is 0 Å². The predicted molar refractivity (Wildman–Crippen MR) is 88.3 cm³/mol. The Hall–Kier alpha value is -2.19. The zero-order chi connectivity index (χ0) is 19.4. The highest BCUT2D eigenvalue weighted by atomic mass is 19.4. The molecular formula is C19H18F5NO2. The number of hydrogen-bond donors (Lipinski definition) is 0. The third-order valence-electron chi connectivity index (χ3n) is 4.23. The first kappa shape index (κ1) is 19.6. The second-order valence-corrected chi connectivity index (χ2v) is 6.31. The SMILES string of the molecule is Fc1ccc(OCC2CN(Cc3ccc(C(F)(F)F)cc3)CCO2)c(F)c1. The summed E-state index contributed by atoms with van der Waals surface area (Å²) in [5, 5.41) is 0. The van der Waals surface area contributed by atoms with Gasteiger partial charge in [0.25, 0.3) is 0 Å². The number of halogens is 5. The minimum Gasteiger partial charge on any atom is -0.488 e. The topological polar surface area (TPSA) is 21.7 Å². The van der Waals surface area contributed by atoms with Crippen molar-refractivity contribution in [2.75, 3.05) is 26.3 Å². The van der Waals surface area contributed by atoms with Gasteiger partial charge in [0.2, 0.25) is 0 Å². The first-order valence-corrected chi connectivity index (χ1v) is 8.39. The molecule has 0 amide bonds. The van der Waals surface area contributed by atoms with Gasteiger partial charge in [0.15, 0.2) is 11.6 Å². The van der Waals surface area contributed by atoms with Crippen LogP contribution in [-0.4, -0.2) is 37.3 Å². The molecule has 1 aliphatic heterocycles. The van der Waals surface area contributed by atoms with E-state index in [-0.39, 0.29) is 18.5 Å². The lowest BCUT2D eigenvalue weighted by atomic mass is 10.1. The summed E-state index contributed by atoms with van der Waals surface area (Å²) in [7, 11) is 0. The van der Waals surface area contributed by atoms with Gasteiger partial charge in [-0.25, -0.2) is 8.78 Å². The van der Waals surface area contributed by atoms with Crippen LogP contribution in [0.4, 0.5) is 22.0 Å². The molecule has 1 saturated heterocycles. The first-order chi connectivity index (χ1) is 12.8. The summed E-state index contributed by atoms with van der Waals surface area (Å²) in [6, 6.07) is 8.11. The van der Waals surface area contributed by atoms with E-state index in [1.165, 1.54) is 18.2 Å². The number of ether oxygens (including phenoxy) is 2. The van der Waals surface area contributed by atoms with Crippen LogP contribution < -0.4 is 4.74 Å². The summed E-state index contributed by atoms with van der Waals surface area (Å²) in [6.07, 6.45) is -4.67. The van der Waals surface area contributed by atoms with Crippen LogP contribution in [0.25, 0.3) is 0 Å². The maximum absolute atomic E-state index is 13.6. The molecule has 0 aliphatic carbocycles. The Kier molecular flexibility index (Phi) is 5.96. The van der Waals surface area contributed by atoms with Gasteiger partial charge in [0.1, 0.15) is 18.5 Å². The van der Waals surface area contributed by atoms with Crippen molar-refractivity contribution >= 4 is 0 Å². The van der Waals surface area contributed by atoms with Crippen molar-refractivity contribution in [3.63, 3.8) is 0 Å². The molecule has 0 saturated carbocycles. The second-order valence-electron chi connectivity index (χ2n) is 6.31. The second kappa shape index (κ2) is 8.22. The van der Waals surface area contributed by atoms with Crippen LogP contribution in [0.2, 0.25) is 0 Å². The standard InChI is InChI=1S/C19H18F5NO2/c20-15-5-6-18(17(21)9-15)27-12-16-11-25(7-8-26-16)10-13-1-3-14(4-2-13)19(22,23)24/h1-6,9,16H,7-8,10-12H2. The van der Waals surface area contributed by atoms with Gasteiger partial charge in [-0.1, -0.05) is 12.1 Å². The first-order valence-electron chi connectivity index (χ1n) is 8.39. The normalized spacial score (nSPS) is 18.5. The van der Waals surface area contributed by atoms with E-state index in [1.807, 2.05) is 4.90 Å². The van der Waals surface area contributed by atoms with E-state index < -0.39 is 23.4 Å². The predicted octanol–water partition coefficient (Wildman–Crippen LogP) is 4.26. The maximum atomic E-state index is 13.6. The van der Waals surface area contributed by atoms with Crippen LogP contribution in [0, 0.1) is 11.6 Å². The summed E-state index contributed by atoms with van der Waals surface area (Å²) in [5.74, 6) is -1.52. The molecule has 0 spiro atoms. The van der Waals surface area contributed by atoms with Crippen molar-refractivity contribution in [1.82, 2.24) is 4.90 Å². The Morgan fingerprint density at radius 1 is 1.07 bits per heavy atom. The van der Waals surface area contributed by atoms with E-state index in [4.69, 9.17) is 9.47 Å². The molecule has 1 fully saturated rings. The lowest BCUT2D eigenvalue weighted by Gasteiger charge is -2.32. The molecule has 1 heterocycles. The van der Waals surface area contributed by atoms with Crippen LogP contribution in [0.15, 0.2) is 42.5 Å². The molecule has 1 unspecified atom stereocenters. The number of alkyl halides is 3. The molecule has 2 aromatic rings. The number of rotatable bonds is 5. The lowest BCUT2D eigenvalue weighted by Crippen LogP contribution is -2.44. The zero-order valence-corrected chi connectivity index (χ0v) is 14.3. The van der Waals surface area contributed by atoms with Crippen molar-refractivity contribution < 1.29 is 31.4 Å². The fraction of sp³-hybridized carbons (Fsp3) is 0.368. The highest BCUT2D eigenvalue weighted by molar-refractivity contribution is 5.25. The van der Waals surface area contributed by atoms with Crippen molar-refractivity contribution in [2.45, 2.75) is 18.8 Å².